The molecule has 274 valence electrons. The molecule has 3 aromatic rings. The SMILES string of the molecule is COc1ccc2c(OCC[C@@H]3NC(=O)CCCCC/C=C\[C@@H]4C[C@@]4(C(=O)NS(=O)(=O)C4CCC4)NC3=O)cc(-n3ccc(C(C)C)n3)nc2c1C. The minimum absolute atomic E-state index is 0.0386. The van der Waals surface area contributed by atoms with Crippen LogP contribution in [-0.2, 0) is 24.4 Å². The lowest BCUT2D eigenvalue weighted by Crippen LogP contribution is -2.58. The number of pyridine rings is 1. The Bertz CT molecular complexity index is 1940. The van der Waals surface area contributed by atoms with Crippen LogP contribution in [0.3, 0.4) is 0 Å². The number of methoxy groups -OCH3 is 1. The molecular formula is C37H48N6O7S. The molecule has 2 aromatic heterocycles. The molecule has 2 saturated carbocycles. The molecule has 1 aliphatic heterocycles. The van der Waals surface area contributed by atoms with Crippen molar-refractivity contribution in [3.63, 3.8) is 0 Å². The molecule has 3 atom stereocenters. The lowest BCUT2D eigenvalue weighted by molar-refractivity contribution is -0.132. The highest BCUT2D eigenvalue weighted by molar-refractivity contribution is 7.90. The Morgan fingerprint density at radius 2 is 1.92 bits per heavy atom. The van der Waals surface area contributed by atoms with E-state index in [4.69, 9.17) is 19.6 Å². The molecule has 3 amide bonds. The van der Waals surface area contributed by atoms with Crippen molar-refractivity contribution in [3.05, 3.63) is 53.9 Å². The summed E-state index contributed by atoms with van der Waals surface area (Å²) in [6.45, 7) is 6.09. The predicted molar refractivity (Wildman–Crippen MR) is 192 cm³/mol. The molecule has 14 heteroatoms. The zero-order valence-corrected chi connectivity index (χ0v) is 30.6. The Kier molecular flexibility index (Phi) is 10.7. The third-order valence-corrected chi connectivity index (χ3v) is 12.1. The van der Waals surface area contributed by atoms with E-state index >= 15 is 0 Å². The predicted octanol–water partition coefficient (Wildman–Crippen LogP) is 4.51. The monoisotopic (exact) mass is 720 g/mol. The maximum absolute atomic E-state index is 13.9. The van der Waals surface area contributed by atoms with Gasteiger partial charge in [-0.2, -0.15) is 5.10 Å². The second kappa shape index (κ2) is 15.0. The van der Waals surface area contributed by atoms with Gasteiger partial charge in [-0.1, -0.05) is 38.8 Å². The first-order chi connectivity index (χ1) is 24.4. The first-order valence-electron chi connectivity index (χ1n) is 17.9. The number of aromatic nitrogens is 3. The Balaban J connectivity index is 1.25. The Hall–Kier alpha value is -4.46. The van der Waals surface area contributed by atoms with Crippen LogP contribution in [0.2, 0.25) is 0 Å². The van der Waals surface area contributed by atoms with Gasteiger partial charge in [0.1, 0.15) is 23.1 Å². The molecule has 2 fully saturated rings. The normalized spacial score (nSPS) is 23.7. The first kappa shape index (κ1) is 36.3. The molecule has 3 aliphatic rings. The molecule has 2 aliphatic carbocycles. The maximum Gasteiger partial charge on any atom is 0.259 e. The van der Waals surface area contributed by atoms with E-state index < -0.39 is 38.7 Å². The van der Waals surface area contributed by atoms with Gasteiger partial charge in [-0.15, -0.1) is 0 Å². The standard InChI is InChI=1S/C37H48N6O7S/c1-23(2)28-17-19-43(41-28)32-21-31(27-15-16-30(49-4)24(3)34(27)39-32)50-20-18-29-35(45)40-37(36(46)42-51(47,48)26-12-10-13-26)22-25(37)11-8-6-5-7-9-14-33(44)38-29/h8,11,15-17,19,21,23,25-26,29H,5-7,9-10,12-14,18,20,22H2,1-4H3,(H,38,44)(H,40,45)(H,42,46)/b11-8-/t25-,29+,37-/m1/s1. The number of nitrogens with zero attached hydrogens (tertiary/aromatic N) is 3. The first-order valence-corrected chi connectivity index (χ1v) is 19.5. The molecule has 0 bridgehead atoms. The summed E-state index contributed by atoms with van der Waals surface area (Å²) in [4.78, 5) is 45.5. The minimum Gasteiger partial charge on any atom is -0.496 e. The molecule has 13 nitrogen and oxygen atoms in total. The van der Waals surface area contributed by atoms with E-state index in [0.29, 0.717) is 42.1 Å². The number of hydrogen-bond donors (Lipinski definition) is 3. The van der Waals surface area contributed by atoms with E-state index in [9.17, 15) is 22.8 Å². The Labute approximate surface area is 299 Å². The molecular weight excluding hydrogens is 673 g/mol. The number of rotatable bonds is 10. The van der Waals surface area contributed by atoms with Gasteiger partial charge in [-0.05, 0) is 69.6 Å². The number of amides is 3. The van der Waals surface area contributed by atoms with Crippen LogP contribution in [0.1, 0.15) is 95.2 Å². The number of aryl methyl sites for hydroxylation is 1. The topological polar surface area (TPSA) is 171 Å². The van der Waals surface area contributed by atoms with E-state index in [2.05, 4.69) is 29.2 Å². The molecule has 3 N–H and O–H groups in total. The van der Waals surface area contributed by atoms with Gasteiger partial charge < -0.3 is 20.1 Å². The van der Waals surface area contributed by atoms with Crippen molar-refractivity contribution in [3.8, 4) is 17.3 Å². The zero-order valence-electron chi connectivity index (χ0n) is 29.7. The number of sulfonamides is 1. The van der Waals surface area contributed by atoms with Gasteiger partial charge in [0.05, 0.1) is 30.2 Å². The van der Waals surface area contributed by atoms with Gasteiger partial charge >= 0.3 is 0 Å². The van der Waals surface area contributed by atoms with Gasteiger partial charge in [0.2, 0.25) is 21.8 Å². The van der Waals surface area contributed by atoms with Gasteiger partial charge in [-0.3, -0.25) is 19.1 Å². The molecule has 0 radical (unpaired) electrons. The van der Waals surface area contributed by atoms with Crippen molar-refractivity contribution >= 4 is 38.6 Å². The van der Waals surface area contributed by atoms with E-state index in [1.54, 1.807) is 17.9 Å². The van der Waals surface area contributed by atoms with Crippen LogP contribution in [0.5, 0.6) is 11.5 Å². The van der Waals surface area contributed by atoms with Crippen molar-refractivity contribution in [1.29, 1.82) is 0 Å². The van der Waals surface area contributed by atoms with Gasteiger partial charge in [0.25, 0.3) is 5.91 Å². The number of carbonyl (C=O) groups excluding carboxylic acids is 3. The lowest BCUT2D eigenvalue weighted by Gasteiger charge is -2.28. The van der Waals surface area contributed by atoms with Crippen LogP contribution in [0.15, 0.2) is 42.6 Å². The van der Waals surface area contributed by atoms with Crippen molar-refractivity contribution in [2.45, 2.75) is 108 Å². The second-order valence-corrected chi connectivity index (χ2v) is 16.2. The quantitative estimate of drug-likeness (QED) is 0.255. The summed E-state index contributed by atoms with van der Waals surface area (Å²) in [6.07, 6.45) is 11.3. The summed E-state index contributed by atoms with van der Waals surface area (Å²) >= 11 is 0. The van der Waals surface area contributed by atoms with Gasteiger partial charge in [-0.25, -0.2) is 18.1 Å². The third kappa shape index (κ3) is 7.90. The van der Waals surface area contributed by atoms with Crippen LogP contribution in [-0.4, -0.2) is 71.5 Å². The van der Waals surface area contributed by atoms with Crippen LogP contribution >= 0.6 is 0 Å². The number of nitrogens with one attached hydrogen (secondary N) is 3. The second-order valence-electron chi connectivity index (χ2n) is 14.2. The van der Waals surface area contributed by atoms with Crippen LogP contribution < -0.4 is 24.8 Å². The molecule has 6 rings (SSSR count). The number of hydrogen-bond acceptors (Lipinski definition) is 9. The molecule has 1 aromatic carbocycles. The molecule has 0 unspecified atom stereocenters. The van der Waals surface area contributed by atoms with Crippen molar-refractivity contribution in [1.82, 2.24) is 30.1 Å². The minimum atomic E-state index is -3.87. The van der Waals surface area contributed by atoms with Crippen molar-refractivity contribution in [2.75, 3.05) is 13.7 Å². The number of ether oxygens (including phenoxy) is 2. The van der Waals surface area contributed by atoms with E-state index in [0.717, 1.165) is 42.3 Å². The summed E-state index contributed by atoms with van der Waals surface area (Å²) < 4.78 is 41.7. The molecule has 0 saturated heterocycles. The number of allylic oxidation sites excluding steroid dienone is 1. The number of carbonyl (C=O) groups is 3. The van der Waals surface area contributed by atoms with Crippen molar-refractivity contribution < 1.29 is 32.3 Å². The fraction of sp³-hybridized carbons (Fsp3) is 0.541. The van der Waals surface area contributed by atoms with Crippen molar-refractivity contribution in [2.24, 2.45) is 5.92 Å². The molecule has 0 spiro atoms. The van der Waals surface area contributed by atoms with Crippen LogP contribution in [0.4, 0.5) is 0 Å². The number of benzene rings is 1. The van der Waals surface area contributed by atoms with E-state index in [1.165, 1.54) is 0 Å². The van der Waals surface area contributed by atoms with Crippen LogP contribution in [0, 0.1) is 12.8 Å². The largest absolute Gasteiger partial charge is 0.496 e. The Morgan fingerprint density at radius 3 is 2.63 bits per heavy atom. The summed E-state index contributed by atoms with van der Waals surface area (Å²) in [5.41, 5.74) is 0.985. The highest BCUT2D eigenvalue weighted by Gasteiger charge is 2.61. The lowest BCUT2D eigenvalue weighted by atomic mass is 10.0. The third-order valence-electron chi connectivity index (χ3n) is 10.2. The van der Waals surface area contributed by atoms with E-state index in [1.807, 2.05) is 43.5 Å². The molecule has 51 heavy (non-hydrogen) atoms. The van der Waals surface area contributed by atoms with Gasteiger partial charge in [0, 0.05) is 42.0 Å². The molecule has 3 heterocycles. The highest BCUT2D eigenvalue weighted by atomic mass is 32.2. The summed E-state index contributed by atoms with van der Waals surface area (Å²) in [7, 11) is -2.26. The van der Waals surface area contributed by atoms with E-state index in [-0.39, 0.29) is 43.6 Å². The maximum atomic E-state index is 13.9. The summed E-state index contributed by atoms with van der Waals surface area (Å²) in [6, 6.07) is 6.42. The average molecular weight is 721 g/mol. The Morgan fingerprint density at radius 1 is 1.12 bits per heavy atom. The fourth-order valence-electron chi connectivity index (χ4n) is 6.68. The fourth-order valence-corrected chi connectivity index (χ4v) is 8.24. The highest BCUT2D eigenvalue weighted by Crippen LogP contribution is 2.45. The zero-order chi connectivity index (χ0) is 36.3. The van der Waals surface area contributed by atoms with Crippen LogP contribution in [0.25, 0.3) is 16.7 Å². The smallest absolute Gasteiger partial charge is 0.259 e. The number of fused-ring (bicyclic) bond motifs is 2. The summed E-state index contributed by atoms with van der Waals surface area (Å²) in [5, 5.41) is 10.5. The summed E-state index contributed by atoms with van der Waals surface area (Å²) in [5.74, 6) is -0.00536. The average Bonchev–Trinajstić information content (AvgIpc) is 3.51. The van der Waals surface area contributed by atoms with Gasteiger partial charge in [0.15, 0.2) is 5.82 Å².